The van der Waals surface area contributed by atoms with Gasteiger partial charge in [-0.3, -0.25) is 4.68 Å². The molecule has 0 amide bonds. The van der Waals surface area contributed by atoms with Crippen LogP contribution in [0.3, 0.4) is 0 Å². The maximum Gasteiger partial charge on any atom is 0.241 e. The molecule has 96 valence electrons. The second-order valence-corrected chi connectivity index (χ2v) is 5.53. The van der Waals surface area contributed by atoms with Crippen LogP contribution in [0.2, 0.25) is 0 Å². The minimum Gasteiger partial charge on any atom is -0.384 e. The van der Waals surface area contributed by atoms with Crippen molar-refractivity contribution >= 4 is 15.8 Å². The smallest absolute Gasteiger partial charge is 0.241 e. The van der Waals surface area contributed by atoms with Gasteiger partial charge in [0.05, 0.1) is 11.1 Å². The van der Waals surface area contributed by atoms with Gasteiger partial charge in [-0.2, -0.15) is 5.10 Å². The lowest BCUT2D eigenvalue weighted by molar-refractivity contribution is 0.581. The Kier molecular flexibility index (Phi) is 3.30. The number of nitrogens with one attached hydrogen (secondary N) is 1. The fourth-order valence-corrected chi connectivity index (χ4v) is 2.46. The van der Waals surface area contributed by atoms with Crippen LogP contribution in [0.1, 0.15) is 5.56 Å². The topological polar surface area (TPSA) is 103 Å². The number of nitrogen functional groups attached to an aromatic ring is 1. The number of hydrogen-bond acceptors (Lipinski definition) is 5. The Hall–Kier alpha value is -1.93. The zero-order valence-electron chi connectivity index (χ0n) is 9.74. The van der Waals surface area contributed by atoms with Crippen LogP contribution in [-0.4, -0.2) is 23.2 Å². The Morgan fingerprint density at radius 2 is 2.28 bits per heavy atom. The third-order valence-corrected chi connectivity index (χ3v) is 3.69. The predicted molar refractivity (Wildman–Crippen MR) is 65.9 cm³/mol. The molecule has 2 heterocycles. The summed E-state index contributed by atoms with van der Waals surface area (Å²) in [5.74, 6) is 0.166. The van der Waals surface area contributed by atoms with Crippen molar-refractivity contribution in [1.82, 2.24) is 19.5 Å². The summed E-state index contributed by atoms with van der Waals surface area (Å²) in [5.41, 5.74) is 6.23. The molecule has 0 bridgehead atoms. The molecule has 0 spiro atoms. The molecule has 0 aliphatic rings. The molecule has 3 N–H and O–H groups in total. The number of nitrogens with zero attached hydrogens (tertiary/aromatic N) is 3. The van der Waals surface area contributed by atoms with Crippen LogP contribution in [-0.2, 0) is 23.6 Å². The number of anilines is 1. The van der Waals surface area contributed by atoms with Crippen LogP contribution in [0.15, 0.2) is 35.6 Å². The van der Waals surface area contributed by atoms with Crippen molar-refractivity contribution in [3.63, 3.8) is 0 Å². The van der Waals surface area contributed by atoms with E-state index in [0.29, 0.717) is 0 Å². The monoisotopic (exact) mass is 267 g/mol. The number of aromatic nitrogens is 3. The van der Waals surface area contributed by atoms with Gasteiger partial charge in [-0.1, -0.05) is 0 Å². The quantitative estimate of drug-likeness (QED) is 0.803. The van der Waals surface area contributed by atoms with Crippen LogP contribution in [0, 0.1) is 0 Å². The zero-order chi connectivity index (χ0) is 13.2. The molecule has 0 aliphatic carbocycles. The molecule has 0 unspecified atom stereocenters. The van der Waals surface area contributed by atoms with E-state index in [1.54, 1.807) is 24.1 Å². The largest absolute Gasteiger partial charge is 0.384 e. The van der Waals surface area contributed by atoms with E-state index in [9.17, 15) is 8.42 Å². The van der Waals surface area contributed by atoms with E-state index < -0.39 is 10.0 Å². The molecule has 8 heteroatoms. The van der Waals surface area contributed by atoms with Gasteiger partial charge in [-0.25, -0.2) is 18.1 Å². The highest BCUT2D eigenvalue weighted by Crippen LogP contribution is 2.10. The molecule has 18 heavy (non-hydrogen) atoms. The summed E-state index contributed by atoms with van der Waals surface area (Å²) in [6.45, 7) is 0.179. The van der Waals surface area contributed by atoms with Crippen LogP contribution >= 0.6 is 0 Å². The lowest BCUT2D eigenvalue weighted by atomic mass is 10.4. The normalized spacial score (nSPS) is 11.6. The first-order valence-electron chi connectivity index (χ1n) is 5.16. The fourth-order valence-electron chi connectivity index (χ4n) is 1.42. The first-order chi connectivity index (χ1) is 8.47. The Morgan fingerprint density at radius 1 is 1.50 bits per heavy atom. The number of pyridine rings is 1. The van der Waals surface area contributed by atoms with Gasteiger partial charge in [0.2, 0.25) is 10.0 Å². The number of rotatable bonds is 4. The van der Waals surface area contributed by atoms with Crippen molar-refractivity contribution in [3.05, 3.63) is 36.3 Å². The molecule has 2 aromatic rings. The molecule has 0 aliphatic heterocycles. The van der Waals surface area contributed by atoms with Crippen molar-refractivity contribution in [3.8, 4) is 0 Å². The second-order valence-electron chi connectivity index (χ2n) is 3.76. The zero-order valence-corrected chi connectivity index (χ0v) is 10.6. The van der Waals surface area contributed by atoms with Crippen LogP contribution in [0.4, 0.5) is 5.82 Å². The van der Waals surface area contributed by atoms with E-state index in [1.807, 2.05) is 0 Å². The molecule has 0 atom stereocenters. The number of hydrogen-bond donors (Lipinski definition) is 2. The van der Waals surface area contributed by atoms with Crippen molar-refractivity contribution in [1.29, 1.82) is 0 Å². The summed E-state index contributed by atoms with van der Waals surface area (Å²) in [7, 11) is -1.81. The van der Waals surface area contributed by atoms with Gasteiger partial charge in [0.1, 0.15) is 5.82 Å². The first kappa shape index (κ1) is 12.5. The molecule has 0 fully saturated rings. The Bertz CT molecular complexity index is 650. The summed E-state index contributed by atoms with van der Waals surface area (Å²) >= 11 is 0. The number of nitrogens with two attached hydrogens (primary N) is 1. The highest BCUT2D eigenvalue weighted by molar-refractivity contribution is 7.89. The fraction of sp³-hybridized carbons (Fsp3) is 0.200. The SMILES string of the molecule is Cn1cc(CNS(=O)(=O)c2ccnc(N)c2)cn1. The maximum absolute atomic E-state index is 11.9. The van der Waals surface area contributed by atoms with Gasteiger partial charge in [-0.15, -0.1) is 0 Å². The summed E-state index contributed by atoms with van der Waals surface area (Å²) in [4.78, 5) is 3.84. The Morgan fingerprint density at radius 3 is 2.89 bits per heavy atom. The third kappa shape index (κ3) is 2.84. The van der Waals surface area contributed by atoms with E-state index in [-0.39, 0.29) is 17.3 Å². The van der Waals surface area contributed by atoms with Crippen molar-refractivity contribution in [2.24, 2.45) is 7.05 Å². The van der Waals surface area contributed by atoms with Crippen molar-refractivity contribution in [2.45, 2.75) is 11.4 Å². The van der Waals surface area contributed by atoms with Crippen molar-refractivity contribution in [2.75, 3.05) is 5.73 Å². The predicted octanol–water partition coefficient (Wildman–Crippen LogP) is -0.124. The lowest BCUT2D eigenvalue weighted by Crippen LogP contribution is -2.23. The number of aryl methyl sites for hydroxylation is 1. The minimum atomic E-state index is -3.58. The average Bonchev–Trinajstić information content (AvgIpc) is 2.73. The van der Waals surface area contributed by atoms with Gasteiger partial charge in [0.25, 0.3) is 0 Å². The van der Waals surface area contributed by atoms with Gasteiger partial charge in [-0.05, 0) is 6.07 Å². The standard InChI is InChI=1S/C10H13N5O2S/c1-15-7-8(5-13-15)6-14-18(16,17)9-2-3-12-10(11)4-9/h2-5,7,14H,6H2,1H3,(H2,11,12). The van der Waals surface area contributed by atoms with E-state index in [1.165, 1.54) is 18.3 Å². The molecule has 7 nitrogen and oxygen atoms in total. The van der Waals surface area contributed by atoms with Crippen LogP contribution in [0.25, 0.3) is 0 Å². The molecular weight excluding hydrogens is 254 g/mol. The van der Waals surface area contributed by atoms with Crippen molar-refractivity contribution < 1.29 is 8.42 Å². The van der Waals surface area contributed by atoms with Crippen LogP contribution < -0.4 is 10.5 Å². The Balaban J connectivity index is 2.13. The van der Waals surface area contributed by atoms with Gasteiger partial charge < -0.3 is 5.73 Å². The molecule has 0 saturated carbocycles. The van der Waals surface area contributed by atoms with E-state index in [2.05, 4.69) is 14.8 Å². The van der Waals surface area contributed by atoms with E-state index >= 15 is 0 Å². The molecular formula is C10H13N5O2S. The summed E-state index contributed by atoms with van der Waals surface area (Å²) in [6, 6.07) is 2.70. The van der Waals surface area contributed by atoms with Crippen LogP contribution in [0.5, 0.6) is 0 Å². The second kappa shape index (κ2) is 4.75. The van der Waals surface area contributed by atoms with E-state index in [0.717, 1.165) is 5.56 Å². The third-order valence-electron chi connectivity index (χ3n) is 2.29. The summed E-state index contributed by atoms with van der Waals surface area (Å²) in [5, 5.41) is 3.96. The number of sulfonamides is 1. The lowest BCUT2D eigenvalue weighted by Gasteiger charge is -2.05. The summed E-state index contributed by atoms with van der Waals surface area (Å²) < 4.78 is 28.0. The molecule has 0 radical (unpaired) electrons. The Labute approximate surface area is 105 Å². The molecule has 2 rings (SSSR count). The maximum atomic E-state index is 11.9. The highest BCUT2D eigenvalue weighted by Gasteiger charge is 2.14. The van der Waals surface area contributed by atoms with Gasteiger partial charge >= 0.3 is 0 Å². The summed E-state index contributed by atoms with van der Waals surface area (Å²) in [6.07, 6.45) is 4.70. The first-order valence-corrected chi connectivity index (χ1v) is 6.64. The van der Waals surface area contributed by atoms with E-state index in [4.69, 9.17) is 5.73 Å². The van der Waals surface area contributed by atoms with Gasteiger partial charge in [0.15, 0.2) is 0 Å². The van der Waals surface area contributed by atoms with Gasteiger partial charge in [0, 0.05) is 37.6 Å². The molecule has 0 saturated heterocycles. The highest BCUT2D eigenvalue weighted by atomic mass is 32.2. The molecule has 2 aromatic heterocycles. The average molecular weight is 267 g/mol. The minimum absolute atomic E-state index is 0.0962. The molecule has 0 aromatic carbocycles.